The summed E-state index contributed by atoms with van der Waals surface area (Å²) < 4.78 is 45.7. The van der Waals surface area contributed by atoms with E-state index in [0.717, 1.165) is 7.11 Å². The van der Waals surface area contributed by atoms with Crippen molar-refractivity contribution in [2.24, 2.45) is 5.11 Å². The number of hydrogen-bond acceptors (Lipinski definition) is 5. The Morgan fingerprint density at radius 3 is 2.39 bits per heavy atom. The maximum Gasteiger partial charge on any atom is 0.305 e. The summed E-state index contributed by atoms with van der Waals surface area (Å²) in [6, 6.07) is 5.23. The molecule has 2 aromatic carbocycles. The number of carbonyl (C=O) groups is 3. The van der Waals surface area contributed by atoms with Crippen molar-refractivity contribution >= 4 is 17.8 Å². The van der Waals surface area contributed by atoms with Crippen LogP contribution in [-0.4, -0.2) is 42.6 Å². The van der Waals surface area contributed by atoms with Crippen molar-refractivity contribution in [2.75, 3.05) is 13.7 Å². The Morgan fingerprint density at radius 2 is 1.82 bits per heavy atom. The van der Waals surface area contributed by atoms with Crippen LogP contribution in [-0.2, 0) is 11.3 Å². The monoisotopic (exact) mass is 465 g/mol. The van der Waals surface area contributed by atoms with Gasteiger partial charge in [-0.25, -0.2) is 8.78 Å². The summed E-state index contributed by atoms with van der Waals surface area (Å²) >= 11 is 0. The number of rotatable bonds is 10. The minimum atomic E-state index is -1.55. The fourth-order valence-electron chi connectivity index (χ4n) is 2.75. The van der Waals surface area contributed by atoms with Crippen molar-refractivity contribution in [3.05, 3.63) is 74.9 Å². The second-order valence-corrected chi connectivity index (χ2v) is 6.63. The van der Waals surface area contributed by atoms with Crippen molar-refractivity contribution in [2.45, 2.75) is 19.0 Å². The quantitative estimate of drug-likeness (QED) is 0.213. The lowest BCUT2D eigenvalue weighted by Gasteiger charge is -2.15. The predicted molar refractivity (Wildman–Crippen MR) is 108 cm³/mol. The third kappa shape index (κ3) is 6.61. The zero-order valence-electron chi connectivity index (χ0n) is 17.1. The van der Waals surface area contributed by atoms with Crippen LogP contribution in [0.3, 0.4) is 0 Å². The fraction of sp³-hybridized carbons (Fsp3) is 0.250. The average molecular weight is 465 g/mol. The topological polar surface area (TPSA) is 153 Å². The van der Waals surface area contributed by atoms with Crippen LogP contribution in [0.5, 0.6) is 5.75 Å². The molecule has 0 aliphatic carbocycles. The molecule has 13 heteroatoms. The predicted octanol–water partition coefficient (Wildman–Crippen LogP) is 2.93. The summed E-state index contributed by atoms with van der Waals surface area (Å²) in [5, 5.41) is 16.9. The van der Waals surface area contributed by atoms with Crippen LogP contribution in [0.15, 0.2) is 35.4 Å². The lowest BCUT2D eigenvalue weighted by atomic mass is 10.1. The maximum atomic E-state index is 14.2. The molecular weight excluding hydrogens is 447 g/mol. The third-order valence-corrected chi connectivity index (χ3v) is 4.36. The number of aliphatic carboxylic acids is 1. The zero-order chi connectivity index (χ0) is 24.5. The number of carbonyl (C=O) groups excluding carboxylic acids is 2. The molecule has 0 fully saturated rings. The second-order valence-electron chi connectivity index (χ2n) is 6.63. The van der Waals surface area contributed by atoms with Crippen LogP contribution < -0.4 is 15.4 Å². The second kappa shape index (κ2) is 11.4. The molecule has 33 heavy (non-hydrogen) atoms. The van der Waals surface area contributed by atoms with E-state index in [1.165, 1.54) is 24.3 Å². The molecule has 0 heterocycles. The van der Waals surface area contributed by atoms with Gasteiger partial charge in [0.1, 0.15) is 0 Å². The normalized spacial score (nSPS) is 11.2. The van der Waals surface area contributed by atoms with Gasteiger partial charge in [-0.2, -0.15) is 4.39 Å². The molecule has 10 nitrogen and oxygen atoms in total. The Balaban J connectivity index is 2.04. The van der Waals surface area contributed by atoms with Gasteiger partial charge in [0.05, 0.1) is 19.1 Å². The molecule has 174 valence electrons. The number of carboxylic acids is 1. The molecule has 2 aromatic rings. The minimum absolute atomic E-state index is 0.125. The van der Waals surface area contributed by atoms with E-state index in [1.54, 1.807) is 0 Å². The number of ether oxygens (including phenoxy) is 1. The molecular formula is C20H18F3N5O5. The van der Waals surface area contributed by atoms with E-state index < -0.39 is 59.0 Å². The Hall–Kier alpha value is -4.25. The Labute approximate surface area is 185 Å². The van der Waals surface area contributed by atoms with E-state index in [2.05, 4.69) is 25.4 Å². The van der Waals surface area contributed by atoms with Gasteiger partial charge < -0.3 is 20.5 Å². The number of halogens is 3. The molecule has 1 atom stereocenters. The highest BCUT2D eigenvalue weighted by Gasteiger charge is 2.23. The summed E-state index contributed by atoms with van der Waals surface area (Å²) in [5.74, 6) is -8.17. The number of benzene rings is 2. The third-order valence-electron chi connectivity index (χ3n) is 4.36. The van der Waals surface area contributed by atoms with Crippen molar-refractivity contribution in [3.63, 3.8) is 0 Å². The standard InChI is InChI=1S/C20H18F3N5O5/c1-33-18-16(22)13(7-14(21)17(18)23)20(32)25-8-10-2-4-11(5-3-10)19(31)27-12(6-15(29)30)9-26-28-24/h2-5,7,12H,6,8-9H2,1H3,(H,25,32)(H,27,31)(H,29,30)/t12-/m0/s1. The highest BCUT2D eigenvalue weighted by molar-refractivity contribution is 5.95. The molecule has 0 aliphatic rings. The van der Waals surface area contributed by atoms with E-state index in [4.69, 9.17) is 10.6 Å². The van der Waals surface area contributed by atoms with Gasteiger partial charge in [0, 0.05) is 29.6 Å². The SMILES string of the molecule is COc1c(F)c(F)cc(C(=O)NCc2ccc(C(=O)N[C@H](CN=[N+]=[N-])CC(=O)O)cc2)c1F. The molecule has 0 radical (unpaired) electrons. The summed E-state index contributed by atoms with van der Waals surface area (Å²) in [7, 11) is 0.931. The molecule has 3 N–H and O–H groups in total. The number of azide groups is 1. The van der Waals surface area contributed by atoms with Gasteiger partial charge in [-0.15, -0.1) is 0 Å². The van der Waals surface area contributed by atoms with Crippen molar-refractivity contribution in [3.8, 4) is 5.75 Å². The lowest BCUT2D eigenvalue weighted by Crippen LogP contribution is -2.38. The summed E-state index contributed by atoms with van der Waals surface area (Å²) in [6.45, 7) is -0.371. The zero-order valence-corrected chi connectivity index (χ0v) is 17.1. The van der Waals surface area contributed by atoms with Crippen molar-refractivity contribution < 1.29 is 37.4 Å². The van der Waals surface area contributed by atoms with Gasteiger partial charge in [0.15, 0.2) is 17.4 Å². The van der Waals surface area contributed by atoms with Crippen LogP contribution in [0.25, 0.3) is 10.4 Å². The van der Waals surface area contributed by atoms with Crippen LogP contribution in [0, 0.1) is 17.5 Å². The van der Waals surface area contributed by atoms with Gasteiger partial charge in [-0.1, -0.05) is 17.2 Å². The van der Waals surface area contributed by atoms with Gasteiger partial charge in [0.25, 0.3) is 11.8 Å². The molecule has 0 saturated heterocycles. The number of nitrogens with zero attached hydrogens (tertiary/aromatic N) is 3. The summed E-state index contributed by atoms with van der Waals surface area (Å²) in [5.41, 5.74) is 8.28. The van der Waals surface area contributed by atoms with Crippen molar-refractivity contribution in [1.29, 1.82) is 0 Å². The number of amides is 2. The minimum Gasteiger partial charge on any atom is -0.491 e. The molecule has 0 spiro atoms. The van der Waals surface area contributed by atoms with E-state index in [-0.39, 0.29) is 18.7 Å². The van der Waals surface area contributed by atoms with E-state index >= 15 is 0 Å². The van der Waals surface area contributed by atoms with Crippen LogP contribution in [0.1, 0.15) is 32.7 Å². The van der Waals surface area contributed by atoms with Gasteiger partial charge in [0.2, 0.25) is 5.82 Å². The van der Waals surface area contributed by atoms with E-state index in [9.17, 15) is 27.6 Å². The molecule has 2 rings (SSSR count). The first-order valence-electron chi connectivity index (χ1n) is 9.30. The summed E-state index contributed by atoms with van der Waals surface area (Å²) in [6.07, 6.45) is -0.444. The first kappa shape index (κ1) is 25.0. The van der Waals surface area contributed by atoms with Crippen LogP contribution in [0.4, 0.5) is 13.2 Å². The van der Waals surface area contributed by atoms with Gasteiger partial charge >= 0.3 is 5.97 Å². The molecule has 0 aromatic heterocycles. The smallest absolute Gasteiger partial charge is 0.305 e. The number of methoxy groups -OCH3 is 1. The Morgan fingerprint density at radius 1 is 1.15 bits per heavy atom. The first-order valence-corrected chi connectivity index (χ1v) is 9.30. The van der Waals surface area contributed by atoms with Gasteiger partial charge in [-0.3, -0.25) is 14.4 Å². The Kier molecular flexibility index (Phi) is 8.64. The number of hydrogen-bond donors (Lipinski definition) is 3. The molecule has 0 bridgehead atoms. The molecule has 0 aliphatic heterocycles. The lowest BCUT2D eigenvalue weighted by molar-refractivity contribution is -0.137. The van der Waals surface area contributed by atoms with Crippen molar-refractivity contribution in [1.82, 2.24) is 10.6 Å². The largest absolute Gasteiger partial charge is 0.491 e. The van der Waals surface area contributed by atoms with Gasteiger partial charge in [-0.05, 0) is 29.3 Å². The molecule has 0 unspecified atom stereocenters. The highest BCUT2D eigenvalue weighted by atomic mass is 19.2. The van der Waals surface area contributed by atoms with Crippen LogP contribution >= 0.6 is 0 Å². The first-order chi connectivity index (χ1) is 15.7. The van der Waals surface area contributed by atoms with E-state index in [1.807, 2.05) is 0 Å². The number of carboxylic acid groups (broad SMARTS) is 1. The molecule has 0 saturated carbocycles. The summed E-state index contributed by atoms with van der Waals surface area (Å²) in [4.78, 5) is 37.9. The Bertz CT molecular complexity index is 1100. The fourth-order valence-corrected chi connectivity index (χ4v) is 2.75. The average Bonchev–Trinajstić information content (AvgIpc) is 2.78. The highest BCUT2D eigenvalue weighted by Crippen LogP contribution is 2.27. The maximum absolute atomic E-state index is 14.2. The van der Waals surface area contributed by atoms with Crippen LogP contribution in [0.2, 0.25) is 0 Å². The molecule has 2 amide bonds. The number of nitrogens with one attached hydrogen (secondary N) is 2. The van der Waals surface area contributed by atoms with E-state index in [0.29, 0.717) is 11.6 Å².